The second-order valence-electron chi connectivity index (χ2n) is 11.1. The molecule has 5 rings (SSSR count). The average Bonchev–Trinajstić information content (AvgIpc) is 2.96. The highest BCUT2D eigenvalue weighted by atomic mass is 19.1. The first kappa shape index (κ1) is 28.4. The molecular weight excluding hydrogens is 527 g/mol. The lowest BCUT2D eigenvalue weighted by Gasteiger charge is -2.51. The maximum atomic E-state index is 16.8. The van der Waals surface area contributed by atoms with E-state index in [0.29, 0.717) is 29.8 Å². The molecule has 3 heterocycles. The Morgan fingerprint density at radius 2 is 1.56 bits per heavy atom. The van der Waals surface area contributed by atoms with Crippen LogP contribution in [0.5, 0.6) is 0 Å². The minimum absolute atomic E-state index is 0.206. The predicted octanol–water partition coefficient (Wildman–Crippen LogP) is 6.43. The minimum Gasteiger partial charge on any atom is -0.365 e. The number of benzene rings is 2. The summed E-state index contributed by atoms with van der Waals surface area (Å²) >= 11 is 0. The molecule has 1 fully saturated rings. The van der Waals surface area contributed by atoms with Gasteiger partial charge in [0.05, 0.1) is 23.3 Å². The first-order chi connectivity index (χ1) is 19.5. The molecule has 0 bridgehead atoms. The highest BCUT2D eigenvalue weighted by Crippen LogP contribution is 2.40. The summed E-state index contributed by atoms with van der Waals surface area (Å²) in [7, 11) is 1.65. The van der Waals surface area contributed by atoms with Crippen LogP contribution in [0.4, 0.5) is 24.7 Å². The molecule has 4 aromatic rings. The second-order valence-corrected chi connectivity index (χ2v) is 11.1. The number of hydrogen-bond acceptors (Lipinski definition) is 4. The van der Waals surface area contributed by atoms with Crippen LogP contribution in [-0.2, 0) is 7.05 Å². The van der Waals surface area contributed by atoms with Gasteiger partial charge in [0.25, 0.3) is 11.4 Å². The lowest BCUT2D eigenvalue weighted by molar-refractivity contribution is -0.0170. The number of aryl methyl sites for hydroxylation is 1. The van der Waals surface area contributed by atoms with Crippen molar-refractivity contribution in [3.8, 4) is 0 Å². The quantitative estimate of drug-likeness (QED) is 0.256. The van der Waals surface area contributed by atoms with Gasteiger partial charge in [0, 0.05) is 32.7 Å². The molecule has 2 unspecified atom stereocenters. The van der Waals surface area contributed by atoms with Crippen molar-refractivity contribution in [2.24, 2.45) is 13.0 Å². The molecular formula is C32H32F3N5O. The van der Waals surface area contributed by atoms with Gasteiger partial charge in [-0.15, -0.1) is 4.98 Å². The molecule has 0 spiro atoms. The van der Waals surface area contributed by atoms with Gasteiger partial charge < -0.3 is 14.3 Å². The zero-order chi connectivity index (χ0) is 29.5. The van der Waals surface area contributed by atoms with Gasteiger partial charge >= 0.3 is 0 Å². The molecule has 1 saturated heterocycles. The van der Waals surface area contributed by atoms with Gasteiger partial charge in [-0.3, -0.25) is 9.69 Å². The number of nitrogens with zero attached hydrogens (tertiary/aromatic N) is 5. The zero-order valence-electron chi connectivity index (χ0n) is 23.5. The molecule has 212 valence electrons. The number of anilines is 1. The molecule has 0 saturated carbocycles. The largest absolute Gasteiger partial charge is 0.365 e. The number of halogens is 3. The number of piperazine rings is 1. The molecule has 0 radical (unpaired) electrons. The van der Waals surface area contributed by atoms with Crippen LogP contribution in [0.1, 0.15) is 37.9 Å². The summed E-state index contributed by atoms with van der Waals surface area (Å²) in [6, 6.07) is 15.9. The molecule has 2 aromatic heterocycles. The summed E-state index contributed by atoms with van der Waals surface area (Å²) in [6.45, 7) is 13.8. The lowest BCUT2D eigenvalue weighted by atomic mass is 9.82. The van der Waals surface area contributed by atoms with Gasteiger partial charge in [0.1, 0.15) is 17.3 Å². The summed E-state index contributed by atoms with van der Waals surface area (Å²) in [5.74, 6) is -0.911. The maximum absolute atomic E-state index is 16.8. The van der Waals surface area contributed by atoms with Crippen molar-refractivity contribution in [3.63, 3.8) is 0 Å². The second kappa shape index (κ2) is 11.0. The van der Waals surface area contributed by atoms with Gasteiger partial charge in [0.15, 0.2) is 0 Å². The fourth-order valence-electron chi connectivity index (χ4n) is 5.68. The highest BCUT2D eigenvalue weighted by molar-refractivity contribution is 5.89. The standard InChI is InChI=1S/C32H32F3N5O/c1-20(2)32(3,35)27-19-39(26-18-29(41)38(5)25-14-15-28(36-4)37-30(25)26)16-17-40(27)31(21-6-10-23(33)11-7-21)22-8-12-24(34)13-9-22/h6-15,18,20,27,31H,16-17,19H2,1-3,5H3. The van der Waals surface area contributed by atoms with E-state index in [1.807, 2.05) is 18.7 Å². The Bertz CT molecular complexity index is 1610. The topological polar surface area (TPSA) is 45.7 Å². The van der Waals surface area contributed by atoms with Gasteiger partial charge in [-0.25, -0.2) is 13.2 Å². The SMILES string of the molecule is [C-]#[N+]c1ccc2c(n1)c(N1CCN(C(c3ccc(F)cc3)c3ccc(F)cc3)C(C(C)(F)C(C)C)C1)cc(=O)n2C. The van der Waals surface area contributed by atoms with E-state index in [-0.39, 0.29) is 35.5 Å². The summed E-state index contributed by atoms with van der Waals surface area (Å²) < 4.78 is 46.1. The minimum atomic E-state index is -1.68. The van der Waals surface area contributed by atoms with E-state index in [4.69, 9.17) is 6.57 Å². The Balaban J connectivity index is 1.64. The van der Waals surface area contributed by atoms with E-state index in [0.717, 1.165) is 11.1 Å². The molecule has 6 nitrogen and oxygen atoms in total. The smallest absolute Gasteiger partial charge is 0.270 e. The van der Waals surface area contributed by atoms with Crippen LogP contribution < -0.4 is 10.5 Å². The van der Waals surface area contributed by atoms with Crippen molar-refractivity contribution < 1.29 is 13.2 Å². The first-order valence-electron chi connectivity index (χ1n) is 13.6. The number of rotatable bonds is 6. The fraction of sp³-hybridized carbons (Fsp3) is 0.344. The number of fused-ring (bicyclic) bond motifs is 1. The van der Waals surface area contributed by atoms with E-state index in [9.17, 15) is 13.6 Å². The van der Waals surface area contributed by atoms with E-state index >= 15 is 4.39 Å². The maximum Gasteiger partial charge on any atom is 0.270 e. The average molecular weight is 560 g/mol. The highest BCUT2D eigenvalue weighted by Gasteiger charge is 2.47. The molecule has 2 aromatic carbocycles. The molecule has 0 amide bonds. The van der Waals surface area contributed by atoms with Crippen molar-refractivity contribution in [1.82, 2.24) is 14.5 Å². The Kier molecular flexibility index (Phi) is 7.62. The van der Waals surface area contributed by atoms with Crippen molar-refractivity contribution in [2.45, 2.75) is 38.5 Å². The van der Waals surface area contributed by atoms with Crippen LogP contribution >= 0.6 is 0 Å². The van der Waals surface area contributed by atoms with Crippen molar-refractivity contribution in [2.75, 3.05) is 24.5 Å². The molecule has 9 heteroatoms. The molecule has 1 aliphatic rings. The summed E-state index contributed by atoms with van der Waals surface area (Å²) in [5, 5.41) is 0. The number of aromatic nitrogens is 2. The number of pyridine rings is 2. The fourth-order valence-corrected chi connectivity index (χ4v) is 5.68. The van der Waals surface area contributed by atoms with Crippen LogP contribution in [0.2, 0.25) is 0 Å². The molecule has 41 heavy (non-hydrogen) atoms. The lowest BCUT2D eigenvalue weighted by Crippen LogP contribution is -2.63. The summed E-state index contributed by atoms with van der Waals surface area (Å²) in [5.41, 5.74) is 1.26. The Hall–Kier alpha value is -4.16. The van der Waals surface area contributed by atoms with Crippen molar-refractivity contribution in [1.29, 1.82) is 0 Å². The third-order valence-corrected chi connectivity index (χ3v) is 8.41. The molecule has 2 atom stereocenters. The number of alkyl halides is 1. The van der Waals surface area contributed by atoms with Gasteiger partial charge in [-0.2, -0.15) is 0 Å². The Morgan fingerprint density at radius 1 is 0.976 bits per heavy atom. The van der Waals surface area contributed by atoms with E-state index in [1.165, 1.54) is 34.9 Å². The molecule has 1 aliphatic heterocycles. The van der Waals surface area contributed by atoms with E-state index in [1.54, 1.807) is 50.4 Å². The van der Waals surface area contributed by atoms with Crippen LogP contribution in [0.25, 0.3) is 15.9 Å². The first-order valence-corrected chi connectivity index (χ1v) is 13.6. The summed E-state index contributed by atoms with van der Waals surface area (Å²) in [4.78, 5) is 25.0. The van der Waals surface area contributed by atoms with Crippen molar-refractivity contribution in [3.05, 3.63) is 111 Å². The van der Waals surface area contributed by atoms with Crippen molar-refractivity contribution >= 4 is 22.5 Å². The van der Waals surface area contributed by atoms with E-state index < -0.39 is 17.8 Å². The molecule has 0 aliphatic carbocycles. The third-order valence-electron chi connectivity index (χ3n) is 8.41. The van der Waals surface area contributed by atoms with Crippen LogP contribution in [0.15, 0.2) is 71.5 Å². The number of hydrogen-bond donors (Lipinski definition) is 0. The van der Waals surface area contributed by atoms with Crippen LogP contribution in [0.3, 0.4) is 0 Å². The third kappa shape index (κ3) is 5.32. The van der Waals surface area contributed by atoms with Crippen LogP contribution in [0, 0.1) is 24.1 Å². The van der Waals surface area contributed by atoms with E-state index in [2.05, 4.69) is 14.7 Å². The predicted molar refractivity (Wildman–Crippen MR) is 155 cm³/mol. The van der Waals surface area contributed by atoms with Crippen LogP contribution in [-0.4, -0.2) is 45.8 Å². The Labute approximate surface area is 237 Å². The Morgan fingerprint density at radius 3 is 2.10 bits per heavy atom. The summed E-state index contributed by atoms with van der Waals surface area (Å²) in [6.07, 6.45) is 0. The monoisotopic (exact) mass is 559 g/mol. The van der Waals surface area contributed by atoms with Gasteiger partial charge in [-0.1, -0.05) is 44.7 Å². The normalized spacial score (nSPS) is 17.7. The van der Waals surface area contributed by atoms with Gasteiger partial charge in [0.2, 0.25) is 5.52 Å². The van der Waals surface area contributed by atoms with Gasteiger partial charge in [-0.05, 0) is 60.4 Å². The zero-order valence-corrected chi connectivity index (χ0v) is 23.5. The molecule has 0 N–H and O–H groups in total.